The van der Waals surface area contributed by atoms with Crippen LogP contribution in [0.25, 0.3) is 0 Å². The fourth-order valence-electron chi connectivity index (χ4n) is 2.00. The van der Waals surface area contributed by atoms with E-state index in [0.717, 1.165) is 25.7 Å². The Morgan fingerprint density at radius 3 is 2.65 bits per heavy atom. The number of thioether (sulfide) groups is 1. The van der Waals surface area contributed by atoms with Gasteiger partial charge in [-0.25, -0.2) is 4.79 Å². The van der Waals surface area contributed by atoms with Gasteiger partial charge in [-0.15, -0.1) is 0 Å². The molecular formula is C11H19NO4S. The van der Waals surface area contributed by atoms with Crippen LogP contribution < -0.4 is 5.32 Å². The van der Waals surface area contributed by atoms with E-state index in [9.17, 15) is 14.7 Å². The summed E-state index contributed by atoms with van der Waals surface area (Å²) in [4.78, 5) is 20.9. The van der Waals surface area contributed by atoms with Gasteiger partial charge in [0.25, 0.3) is 0 Å². The van der Waals surface area contributed by atoms with Gasteiger partial charge in [0, 0.05) is 5.75 Å². The molecule has 5 nitrogen and oxygen atoms in total. The van der Waals surface area contributed by atoms with E-state index in [-0.39, 0.29) is 0 Å². The number of amides is 1. The van der Waals surface area contributed by atoms with Gasteiger partial charge < -0.3 is 15.5 Å². The molecule has 1 unspecified atom stereocenters. The van der Waals surface area contributed by atoms with Crippen molar-refractivity contribution < 1.29 is 19.8 Å². The second-order valence-corrected chi connectivity index (χ2v) is 5.55. The highest BCUT2D eigenvalue weighted by Gasteiger charge is 2.30. The van der Waals surface area contributed by atoms with Gasteiger partial charge in [-0.05, 0) is 25.0 Å². The molecule has 0 saturated heterocycles. The van der Waals surface area contributed by atoms with E-state index < -0.39 is 17.6 Å². The van der Waals surface area contributed by atoms with Crippen LogP contribution in [0, 0.1) is 0 Å². The number of rotatable bonds is 8. The first-order chi connectivity index (χ1) is 8.07. The quantitative estimate of drug-likeness (QED) is 0.440. The highest BCUT2D eigenvalue weighted by Crippen LogP contribution is 2.32. The maximum Gasteiger partial charge on any atom is 0.326 e. The first-order valence-electron chi connectivity index (χ1n) is 5.80. The molecule has 1 amide bonds. The molecule has 3 N–H and O–H groups in total. The molecule has 1 saturated carbocycles. The van der Waals surface area contributed by atoms with Crippen LogP contribution in [0.4, 0.5) is 0 Å². The average molecular weight is 261 g/mol. The van der Waals surface area contributed by atoms with Crippen LogP contribution in [-0.4, -0.2) is 45.7 Å². The monoisotopic (exact) mass is 261 g/mol. The number of carbonyl (C=O) groups excluding carboxylic acids is 1. The zero-order valence-electron chi connectivity index (χ0n) is 9.72. The predicted octanol–water partition coefficient (Wildman–Crippen LogP) is 0.614. The van der Waals surface area contributed by atoms with E-state index in [1.165, 1.54) is 0 Å². The summed E-state index contributed by atoms with van der Waals surface area (Å²) in [5.74, 6) is 0.262. The van der Waals surface area contributed by atoms with Crippen LogP contribution in [0.15, 0.2) is 0 Å². The van der Waals surface area contributed by atoms with Crippen molar-refractivity contribution in [2.45, 2.75) is 43.7 Å². The smallest absolute Gasteiger partial charge is 0.326 e. The summed E-state index contributed by atoms with van der Waals surface area (Å²) < 4.78 is 0. The highest BCUT2D eigenvalue weighted by atomic mass is 32.2. The van der Waals surface area contributed by atoms with Crippen LogP contribution in [0.3, 0.4) is 0 Å². The fraction of sp³-hybridized carbons (Fsp3) is 0.818. The summed E-state index contributed by atoms with van der Waals surface area (Å²) >= 11 is 1.55. The van der Waals surface area contributed by atoms with Crippen molar-refractivity contribution in [2.75, 3.05) is 11.5 Å². The van der Waals surface area contributed by atoms with Gasteiger partial charge in [-0.3, -0.25) is 4.79 Å². The predicted molar refractivity (Wildman–Crippen MR) is 66.0 cm³/mol. The minimum absolute atomic E-state index is 0.384. The highest BCUT2D eigenvalue weighted by molar-refractivity contribution is 7.99. The normalized spacial score (nSPS) is 19.8. The van der Waals surface area contributed by atoms with E-state index >= 15 is 0 Å². The third kappa shape index (κ3) is 4.95. The molecule has 98 valence electrons. The molecule has 1 aliphatic carbocycles. The molecule has 0 radical (unpaired) electrons. The second-order valence-electron chi connectivity index (χ2n) is 4.45. The van der Waals surface area contributed by atoms with Crippen molar-refractivity contribution in [1.29, 1.82) is 0 Å². The number of carbonyl (C=O) groups is 2. The Morgan fingerprint density at radius 1 is 1.47 bits per heavy atom. The lowest BCUT2D eigenvalue weighted by molar-refractivity contribution is -0.140. The molecule has 1 aliphatic rings. The molecule has 6 heteroatoms. The van der Waals surface area contributed by atoms with E-state index in [1.807, 2.05) is 0 Å². The zero-order valence-corrected chi connectivity index (χ0v) is 10.5. The Kier molecular flexibility index (Phi) is 5.77. The fourth-order valence-corrected chi connectivity index (χ4v) is 3.22. The summed E-state index contributed by atoms with van der Waals surface area (Å²) in [5, 5.41) is 21.1. The number of hydrogen-bond donors (Lipinski definition) is 3. The van der Waals surface area contributed by atoms with E-state index in [1.54, 1.807) is 11.8 Å². The average Bonchev–Trinajstić information content (AvgIpc) is 2.70. The minimum Gasteiger partial charge on any atom is -0.480 e. The van der Waals surface area contributed by atoms with Crippen molar-refractivity contribution in [3.8, 4) is 0 Å². The van der Waals surface area contributed by atoms with Gasteiger partial charge >= 0.3 is 5.97 Å². The zero-order chi connectivity index (χ0) is 12.7. The van der Waals surface area contributed by atoms with Gasteiger partial charge in [-0.2, -0.15) is 11.8 Å². The summed E-state index contributed by atoms with van der Waals surface area (Å²) in [6.07, 6.45) is 4.62. The summed E-state index contributed by atoms with van der Waals surface area (Å²) in [7, 11) is 0. The second kappa shape index (κ2) is 6.86. The number of nitrogens with one attached hydrogen (secondary N) is 1. The molecule has 0 aromatic heterocycles. The molecular weight excluding hydrogens is 242 g/mol. The molecule has 0 aliphatic heterocycles. The first-order valence-corrected chi connectivity index (χ1v) is 6.95. The maximum atomic E-state index is 10.7. The largest absolute Gasteiger partial charge is 0.480 e. The van der Waals surface area contributed by atoms with E-state index in [2.05, 4.69) is 5.32 Å². The van der Waals surface area contributed by atoms with Gasteiger partial charge in [0.2, 0.25) is 6.41 Å². The van der Waals surface area contributed by atoms with Crippen molar-refractivity contribution in [3.63, 3.8) is 0 Å². The molecule has 0 heterocycles. The van der Waals surface area contributed by atoms with Gasteiger partial charge in [0.05, 0.1) is 5.60 Å². The molecule has 1 fully saturated rings. The minimum atomic E-state index is -1.02. The van der Waals surface area contributed by atoms with Crippen molar-refractivity contribution in [1.82, 2.24) is 5.32 Å². The Labute approximate surface area is 105 Å². The number of aliphatic carboxylic acids is 1. The Morgan fingerprint density at radius 2 is 2.12 bits per heavy atom. The third-order valence-corrected chi connectivity index (χ3v) is 4.29. The van der Waals surface area contributed by atoms with Crippen LogP contribution in [0.1, 0.15) is 32.1 Å². The molecule has 0 spiro atoms. The summed E-state index contributed by atoms with van der Waals surface area (Å²) in [6.45, 7) is 0. The van der Waals surface area contributed by atoms with Crippen LogP contribution in [0.2, 0.25) is 0 Å². The molecule has 0 aromatic rings. The Hall–Kier alpha value is -0.750. The van der Waals surface area contributed by atoms with Crippen LogP contribution in [-0.2, 0) is 9.59 Å². The molecule has 0 bridgehead atoms. The molecule has 17 heavy (non-hydrogen) atoms. The lowest BCUT2D eigenvalue weighted by atomic mass is 10.1. The lowest BCUT2D eigenvalue weighted by Crippen LogP contribution is -2.36. The van der Waals surface area contributed by atoms with Crippen molar-refractivity contribution in [3.05, 3.63) is 0 Å². The number of aliphatic hydroxyl groups is 1. The summed E-state index contributed by atoms with van der Waals surface area (Å²) in [5.41, 5.74) is -0.554. The lowest BCUT2D eigenvalue weighted by Gasteiger charge is -2.21. The SMILES string of the molecule is O=CNC(CCSCC1(O)CCCC1)C(=O)O. The first kappa shape index (κ1) is 14.3. The summed E-state index contributed by atoms with van der Waals surface area (Å²) in [6, 6.07) is -0.821. The number of carboxylic acids is 1. The standard InChI is InChI=1S/C11H19NO4S/c13-8-12-9(10(14)15)3-6-17-7-11(16)4-1-2-5-11/h8-9,16H,1-7H2,(H,12,13)(H,14,15). The van der Waals surface area contributed by atoms with Crippen molar-refractivity contribution >= 4 is 24.1 Å². The van der Waals surface area contributed by atoms with Crippen molar-refractivity contribution in [2.24, 2.45) is 0 Å². The van der Waals surface area contributed by atoms with Gasteiger partial charge in [0.15, 0.2) is 0 Å². The maximum absolute atomic E-state index is 10.7. The topological polar surface area (TPSA) is 86.6 Å². The van der Waals surface area contributed by atoms with E-state index in [0.29, 0.717) is 24.3 Å². The Bertz CT molecular complexity index is 266. The molecule has 0 aromatic carbocycles. The van der Waals surface area contributed by atoms with Gasteiger partial charge in [-0.1, -0.05) is 12.8 Å². The van der Waals surface area contributed by atoms with Crippen LogP contribution >= 0.6 is 11.8 Å². The number of carboxylic acid groups (broad SMARTS) is 1. The molecule has 1 rings (SSSR count). The third-order valence-electron chi connectivity index (χ3n) is 3.02. The molecule has 1 atom stereocenters. The van der Waals surface area contributed by atoms with E-state index in [4.69, 9.17) is 5.11 Å². The van der Waals surface area contributed by atoms with Crippen LogP contribution in [0.5, 0.6) is 0 Å². The number of hydrogen-bond acceptors (Lipinski definition) is 4. The Balaban J connectivity index is 2.17. The van der Waals surface area contributed by atoms with Gasteiger partial charge in [0.1, 0.15) is 6.04 Å².